The molecular formula is C23H18N8O2S. The normalized spacial score (nSPS) is 12.0. The lowest BCUT2D eigenvalue weighted by atomic mass is 10.0. The quantitative estimate of drug-likeness (QED) is 0.441. The van der Waals surface area contributed by atoms with Crippen molar-refractivity contribution in [1.29, 1.82) is 10.5 Å². The lowest BCUT2D eigenvalue weighted by molar-refractivity contribution is 0.602. The molecule has 0 aliphatic carbocycles. The largest absolute Gasteiger partial charge is 0.382 e. The van der Waals surface area contributed by atoms with Gasteiger partial charge in [0, 0.05) is 11.8 Å². The summed E-state index contributed by atoms with van der Waals surface area (Å²) in [4.78, 5) is 17.5. The minimum absolute atomic E-state index is 0.0260. The summed E-state index contributed by atoms with van der Waals surface area (Å²) in [6, 6.07) is 15.0. The predicted molar refractivity (Wildman–Crippen MR) is 126 cm³/mol. The maximum absolute atomic E-state index is 12.5. The van der Waals surface area contributed by atoms with E-state index in [9.17, 15) is 18.9 Å². The van der Waals surface area contributed by atoms with Crippen LogP contribution in [0.1, 0.15) is 29.8 Å². The lowest BCUT2D eigenvalue weighted by Gasteiger charge is -2.20. The summed E-state index contributed by atoms with van der Waals surface area (Å²) < 4.78 is 25.0. The Morgan fingerprint density at radius 2 is 1.79 bits per heavy atom. The van der Waals surface area contributed by atoms with E-state index >= 15 is 0 Å². The van der Waals surface area contributed by atoms with Gasteiger partial charge in [0.05, 0.1) is 33.4 Å². The van der Waals surface area contributed by atoms with Crippen LogP contribution in [-0.2, 0) is 9.84 Å². The molecule has 0 amide bonds. The molecule has 0 radical (unpaired) electrons. The second kappa shape index (κ2) is 8.73. The maximum Gasteiger partial charge on any atom is 0.176 e. The Bertz CT molecular complexity index is 1620. The van der Waals surface area contributed by atoms with Gasteiger partial charge in [-0.15, -0.1) is 0 Å². The minimum Gasteiger partial charge on any atom is -0.382 e. The van der Waals surface area contributed by atoms with E-state index in [4.69, 9.17) is 15.7 Å². The number of para-hydroxylation sites is 1. The van der Waals surface area contributed by atoms with Crippen molar-refractivity contribution in [3.8, 4) is 23.4 Å². The third-order valence-corrected chi connectivity index (χ3v) is 6.29. The lowest BCUT2D eigenvalue weighted by Crippen LogP contribution is -2.15. The van der Waals surface area contributed by atoms with Gasteiger partial charge >= 0.3 is 0 Å². The van der Waals surface area contributed by atoms with Crippen molar-refractivity contribution < 1.29 is 8.42 Å². The monoisotopic (exact) mass is 470 g/mol. The fourth-order valence-corrected chi connectivity index (χ4v) is 4.45. The number of anilines is 2. The predicted octanol–water partition coefficient (Wildman–Crippen LogP) is 2.99. The first-order chi connectivity index (χ1) is 16.2. The summed E-state index contributed by atoms with van der Waals surface area (Å²) in [5.41, 5.74) is 8.04. The Hall–Kier alpha value is -4.61. The Balaban J connectivity index is 1.99. The van der Waals surface area contributed by atoms with Gasteiger partial charge in [-0.25, -0.2) is 28.4 Å². The van der Waals surface area contributed by atoms with Gasteiger partial charge in [0.15, 0.2) is 9.84 Å². The molecule has 0 aliphatic heterocycles. The van der Waals surface area contributed by atoms with E-state index in [2.05, 4.69) is 21.4 Å². The fourth-order valence-electron chi connectivity index (χ4n) is 3.56. The van der Waals surface area contributed by atoms with Gasteiger partial charge < -0.3 is 11.1 Å². The zero-order chi connectivity index (χ0) is 24.5. The van der Waals surface area contributed by atoms with Crippen LogP contribution >= 0.6 is 0 Å². The van der Waals surface area contributed by atoms with Crippen molar-refractivity contribution in [2.75, 3.05) is 17.3 Å². The van der Waals surface area contributed by atoms with Crippen molar-refractivity contribution in [2.45, 2.75) is 17.9 Å². The van der Waals surface area contributed by atoms with Crippen LogP contribution in [0.3, 0.4) is 0 Å². The van der Waals surface area contributed by atoms with E-state index in [1.807, 2.05) is 6.07 Å². The highest BCUT2D eigenvalue weighted by atomic mass is 32.2. The van der Waals surface area contributed by atoms with E-state index in [0.717, 1.165) is 6.26 Å². The van der Waals surface area contributed by atoms with Crippen molar-refractivity contribution in [2.24, 2.45) is 0 Å². The molecule has 168 valence electrons. The first kappa shape index (κ1) is 22.6. The average molecular weight is 471 g/mol. The Morgan fingerprint density at radius 3 is 2.50 bits per heavy atom. The van der Waals surface area contributed by atoms with Crippen molar-refractivity contribution in [3.63, 3.8) is 0 Å². The van der Waals surface area contributed by atoms with Crippen molar-refractivity contribution in [3.05, 3.63) is 65.6 Å². The molecular weight excluding hydrogens is 452 g/mol. The minimum atomic E-state index is -3.60. The van der Waals surface area contributed by atoms with Crippen LogP contribution in [0.15, 0.2) is 53.7 Å². The zero-order valence-corrected chi connectivity index (χ0v) is 19.0. The van der Waals surface area contributed by atoms with E-state index in [1.54, 1.807) is 43.3 Å². The molecule has 11 heteroatoms. The molecule has 34 heavy (non-hydrogen) atoms. The second-order valence-electron chi connectivity index (χ2n) is 7.47. The maximum atomic E-state index is 12.5. The molecule has 4 rings (SSSR count). The van der Waals surface area contributed by atoms with Crippen LogP contribution < -0.4 is 11.1 Å². The summed E-state index contributed by atoms with van der Waals surface area (Å²) in [5.74, 6) is 0.232. The molecule has 10 nitrogen and oxygen atoms in total. The standard InChI is InChI=1S/C23H18N8O2S/c1-13(29-23-16(11-25)22(26)27-12-28-23)19-21(15-7-3-4-9-18(15)34(2,32)33)31-20-14(10-24)6-5-8-17(20)30-19/h3-9,12-13H,1-2H3,(H3,26,27,28,29)/t13-/m0/s1. The molecule has 2 aromatic heterocycles. The van der Waals surface area contributed by atoms with E-state index in [0.29, 0.717) is 27.9 Å². The Labute approximate surface area is 195 Å². The number of hydrogen-bond donors (Lipinski definition) is 2. The summed E-state index contributed by atoms with van der Waals surface area (Å²) in [5, 5.41) is 22.1. The summed E-state index contributed by atoms with van der Waals surface area (Å²) in [6.45, 7) is 1.77. The van der Waals surface area contributed by atoms with Gasteiger partial charge in [-0.3, -0.25) is 0 Å². The number of nitrogens with one attached hydrogen (secondary N) is 1. The highest BCUT2D eigenvalue weighted by Crippen LogP contribution is 2.34. The number of fused-ring (bicyclic) bond motifs is 1. The molecule has 0 fully saturated rings. The van der Waals surface area contributed by atoms with Gasteiger partial charge in [-0.2, -0.15) is 10.5 Å². The zero-order valence-electron chi connectivity index (χ0n) is 18.2. The first-order valence-electron chi connectivity index (χ1n) is 10.0. The SMILES string of the molecule is C[C@H](Nc1ncnc(N)c1C#N)c1nc2cccc(C#N)c2nc1-c1ccccc1S(C)(=O)=O. The molecule has 0 bridgehead atoms. The molecule has 0 aliphatic rings. The van der Waals surface area contributed by atoms with Gasteiger partial charge in [-0.1, -0.05) is 24.3 Å². The van der Waals surface area contributed by atoms with Gasteiger partial charge in [-0.05, 0) is 25.1 Å². The van der Waals surface area contributed by atoms with E-state index in [-0.39, 0.29) is 27.8 Å². The summed E-state index contributed by atoms with van der Waals surface area (Å²) in [6.07, 6.45) is 2.35. The van der Waals surface area contributed by atoms with Crippen LogP contribution in [-0.4, -0.2) is 34.6 Å². The number of rotatable bonds is 5. The Morgan fingerprint density at radius 1 is 1.03 bits per heavy atom. The molecule has 0 spiro atoms. The van der Waals surface area contributed by atoms with Crippen LogP contribution in [0.4, 0.5) is 11.6 Å². The third-order valence-electron chi connectivity index (χ3n) is 5.14. The van der Waals surface area contributed by atoms with Gasteiger partial charge in [0.1, 0.15) is 41.2 Å². The van der Waals surface area contributed by atoms with Gasteiger partial charge in [0.25, 0.3) is 0 Å². The Kier molecular flexibility index (Phi) is 5.80. The number of nitrogens with two attached hydrogens (primary N) is 1. The molecule has 4 aromatic rings. The first-order valence-corrected chi connectivity index (χ1v) is 11.9. The molecule has 0 unspecified atom stereocenters. The van der Waals surface area contributed by atoms with Crippen LogP contribution in [0.2, 0.25) is 0 Å². The highest BCUT2D eigenvalue weighted by Gasteiger charge is 2.24. The molecule has 0 saturated carbocycles. The van der Waals surface area contributed by atoms with Crippen LogP contribution in [0.5, 0.6) is 0 Å². The summed E-state index contributed by atoms with van der Waals surface area (Å²) >= 11 is 0. The molecule has 1 atom stereocenters. The van der Waals surface area contributed by atoms with Crippen LogP contribution in [0, 0.1) is 22.7 Å². The fraction of sp³-hybridized carbons (Fsp3) is 0.130. The smallest absolute Gasteiger partial charge is 0.176 e. The second-order valence-corrected chi connectivity index (χ2v) is 9.46. The number of nitrogens with zero attached hydrogens (tertiary/aromatic N) is 6. The number of hydrogen-bond acceptors (Lipinski definition) is 10. The van der Waals surface area contributed by atoms with E-state index in [1.165, 1.54) is 12.4 Å². The molecule has 2 heterocycles. The van der Waals surface area contributed by atoms with Crippen molar-refractivity contribution >= 4 is 32.5 Å². The highest BCUT2D eigenvalue weighted by molar-refractivity contribution is 7.90. The number of sulfone groups is 1. The van der Waals surface area contributed by atoms with Crippen molar-refractivity contribution in [1.82, 2.24) is 19.9 Å². The van der Waals surface area contributed by atoms with E-state index < -0.39 is 15.9 Å². The molecule has 3 N–H and O–H groups in total. The third kappa shape index (κ3) is 4.08. The average Bonchev–Trinajstić information content (AvgIpc) is 2.82. The topological polar surface area (TPSA) is 171 Å². The molecule has 2 aromatic carbocycles. The number of nitrogen functional groups attached to an aromatic ring is 1. The number of aromatic nitrogens is 4. The van der Waals surface area contributed by atoms with Gasteiger partial charge in [0.2, 0.25) is 0 Å². The summed E-state index contributed by atoms with van der Waals surface area (Å²) in [7, 11) is -3.60. The number of nitriles is 2. The van der Waals surface area contributed by atoms with Crippen LogP contribution in [0.25, 0.3) is 22.3 Å². The number of benzene rings is 2. The molecule has 0 saturated heterocycles.